The Morgan fingerprint density at radius 3 is 2.47 bits per heavy atom. The van der Waals surface area contributed by atoms with E-state index in [1.165, 1.54) is 11.9 Å². The fourth-order valence-corrected chi connectivity index (χ4v) is 1.70. The van der Waals surface area contributed by atoms with E-state index in [1.54, 1.807) is 0 Å². The maximum absolute atomic E-state index is 11.5. The summed E-state index contributed by atoms with van der Waals surface area (Å²) < 4.78 is 5.13. The van der Waals surface area contributed by atoms with Gasteiger partial charge in [0.1, 0.15) is 0 Å². The van der Waals surface area contributed by atoms with Crippen LogP contribution in [0.15, 0.2) is 12.2 Å². The van der Waals surface area contributed by atoms with Crippen molar-refractivity contribution in [1.82, 2.24) is 4.90 Å². The number of aliphatic hydroxyl groups is 1. The number of rotatable bonds is 4. The molecule has 1 amide bonds. The molecule has 0 saturated carbocycles. The minimum Gasteiger partial charge on any atom is -0.478 e. The molecule has 96 valence electrons. The second kappa shape index (κ2) is 5.79. The molecule has 1 rings (SSSR count). The lowest BCUT2D eigenvalue weighted by molar-refractivity contribution is -0.133. The van der Waals surface area contributed by atoms with Crippen molar-refractivity contribution in [3.05, 3.63) is 12.2 Å². The summed E-state index contributed by atoms with van der Waals surface area (Å²) in [6.07, 6.45) is 2.72. The summed E-state index contributed by atoms with van der Waals surface area (Å²) in [6, 6.07) is 0. The van der Waals surface area contributed by atoms with Crippen LogP contribution < -0.4 is 0 Å². The SMILES string of the molecule is CN(CC1(O)CCOCC1)C(=O)/C=C/C(=O)O. The van der Waals surface area contributed by atoms with Crippen LogP contribution in [0.3, 0.4) is 0 Å². The number of carboxylic acids is 1. The first-order chi connectivity index (χ1) is 7.93. The largest absolute Gasteiger partial charge is 0.478 e. The predicted molar refractivity (Wildman–Crippen MR) is 59.4 cm³/mol. The molecule has 1 heterocycles. The zero-order valence-corrected chi connectivity index (χ0v) is 9.76. The Kier molecular flexibility index (Phi) is 4.65. The first-order valence-corrected chi connectivity index (χ1v) is 5.39. The zero-order valence-electron chi connectivity index (χ0n) is 9.76. The van der Waals surface area contributed by atoms with Gasteiger partial charge < -0.3 is 19.8 Å². The normalized spacial score (nSPS) is 19.2. The summed E-state index contributed by atoms with van der Waals surface area (Å²) in [5.41, 5.74) is -0.931. The van der Waals surface area contributed by atoms with Crippen molar-refractivity contribution in [3.8, 4) is 0 Å². The van der Waals surface area contributed by atoms with E-state index in [-0.39, 0.29) is 6.54 Å². The molecule has 1 saturated heterocycles. The molecule has 6 nitrogen and oxygen atoms in total. The van der Waals surface area contributed by atoms with Crippen molar-refractivity contribution >= 4 is 11.9 Å². The molecule has 0 aliphatic carbocycles. The van der Waals surface area contributed by atoms with Gasteiger partial charge in [0.05, 0.1) is 5.60 Å². The number of hydrogen-bond acceptors (Lipinski definition) is 4. The Bertz CT molecular complexity index is 320. The van der Waals surface area contributed by atoms with E-state index < -0.39 is 17.5 Å². The molecular weight excluding hydrogens is 226 g/mol. The van der Waals surface area contributed by atoms with E-state index >= 15 is 0 Å². The highest BCUT2D eigenvalue weighted by atomic mass is 16.5. The summed E-state index contributed by atoms with van der Waals surface area (Å²) in [5, 5.41) is 18.5. The van der Waals surface area contributed by atoms with Crippen LogP contribution in [0, 0.1) is 0 Å². The molecule has 0 aromatic rings. The van der Waals surface area contributed by atoms with E-state index in [4.69, 9.17) is 9.84 Å². The topological polar surface area (TPSA) is 87.1 Å². The van der Waals surface area contributed by atoms with E-state index in [9.17, 15) is 14.7 Å². The highest BCUT2D eigenvalue weighted by Crippen LogP contribution is 2.21. The average Bonchev–Trinajstić information content (AvgIpc) is 2.26. The molecule has 0 atom stereocenters. The molecule has 0 bridgehead atoms. The van der Waals surface area contributed by atoms with Gasteiger partial charge in [-0.1, -0.05) is 0 Å². The third-order valence-electron chi connectivity index (χ3n) is 2.70. The number of carbonyl (C=O) groups is 2. The number of aliphatic carboxylic acids is 1. The second-order valence-corrected chi connectivity index (χ2v) is 4.20. The second-order valence-electron chi connectivity index (χ2n) is 4.20. The molecule has 6 heteroatoms. The molecule has 0 spiro atoms. The molecule has 1 aliphatic rings. The third-order valence-corrected chi connectivity index (χ3v) is 2.70. The number of carboxylic acid groups (broad SMARTS) is 1. The maximum atomic E-state index is 11.5. The number of carbonyl (C=O) groups excluding carboxylic acids is 1. The van der Waals surface area contributed by atoms with Crippen molar-refractivity contribution in [1.29, 1.82) is 0 Å². The Hall–Kier alpha value is -1.40. The zero-order chi connectivity index (χ0) is 12.9. The number of amides is 1. The lowest BCUT2D eigenvalue weighted by Crippen LogP contribution is -2.47. The van der Waals surface area contributed by atoms with Crippen molar-refractivity contribution < 1.29 is 24.5 Å². The van der Waals surface area contributed by atoms with E-state index in [2.05, 4.69) is 0 Å². The van der Waals surface area contributed by atoms with Crippen LogP contribution in [0.4, 0.5) is 0 Å². The van der Waals surface area contributed by atoms with Crippen LogP contribution in [0.1, 0.15) is 12.8 Å². The Balaban J connectivity index is 2.49. The highest BCUT2D eigenvalue weighted by molar-refractivity contribution is 5.93. The predicted octanol–water partition coefficient (Wildman–Crippen LogP) is -0.373. The summed E-state index contributed by atoms with van der Waals surface area (Å²) in [4.78, 5) is 23.1. The van der Waals surface area contributed by atoms with Crippen LogP contribution in [0.25, 0.3) is 0 Å². The van der Waals surface area contributed by atoms with Crippen LogP contribution in [0.5, 0.6) is 0 Å². The fourth-order valence-electron chi connectivity index (χ4n) is 1.70. The molecule has 1 fully saturated rings. The van der Waals surface area contributed by atoms with Gasteiger partial charge in [-0.25, -0.2) is 4.79 Å². The van der Waals surface area contributed by atoms with Crippen molar-refractivity contribution in [2.45, 2.75) is 18.4 Å². The molecule has 17 heavy (non-hydrogen) atoms. The van der Waals surface area contributed by atoms with Crippen molar-refractivity contribution in [3.63, 3.8) is 0 Å². The molecule has 0 radical (unpaired) electrons. The summed E-state index contributed by atoms with van der Waals surface area (Å²) in [5.74, 6) is -1.61. The smallest absolute Gasteiger partial charge is 0.328 e. The van der Waals surface area contributed by atoms with Crippen LogP contribution in [-0.2, 0) is 14.3 Å². The minimum absolute atomic E-state index is 0.180. The standard InChI is InChI=1S/C11H17NO5/c1-12(9(13)2-3-10(14)15)8-11(16)4-6-17-7-5-11/h2-3,16H,4-8H2,1H3,(H,14,15)/b3-2+. The first-order valence-electron chi connectivity index (χ1n) is 5.39. The van der Waals surface area contributed by atoms with E-state index in [0.717, 1.165) is 12.2 Å². The summed E-state index contributed by atoms with van der Waals surface area (Å²) >= 11 is 0. The fraction of sp³-hybridized carbons (Fsp3) is 0.636. The monoisotopic (exact) mass is 243 g/mol. The highest BCUT2D eigenvalue weighted by Gasteiger charge is 2.31. The summed E-state index contributed by atoms with van der Waals surface area (Å²) in [6.45, 7) is 1.13. The first kappa shape index (κ1) is 13.7. The number of ether oxygens (including phenoxy) is 1. The summed E-state index contributed by atoms with van der Waals surface area (Å²) in [7, 11) is 1.53. The van der Waals surface area contributed by atoms with Gasteiger partial charge in [0.2, 0.25) is 5.91 Å². The van der Waals surface area contributed by atoms with Crippen LogP contribution in [-0.4, -0.2) is 59.4 Å². The van der Waals surface area contributed by atoms with E-state index in [1.807, 2.05) is 0 Å². The van der Waals surface area contributed by atoms with E-state index in [0.29, 0.717) is 26.1 Å². The Morgan fingerprint density at radius 1 is 1.35 bits per heavy atom. The molecule has 0 aromatic carbocycles. The van der Waals surface area contributed by atoms with Crippen molar-refractivity contribution in [2.24, 2.45) is 0 Å². The average molecular weight is 243 g/mol. The van der Waals surface area contributed by atoms with Crippen LogP contribution >= 0.6 is 0 Å². The number of hydrogen-bond donors (Lipinski definition) is 2. The number of nitrogens with zero attached hydrogens (tertiary/aromatic N) is 1. The Morgan fingerprint density at radius 2 is 1.94 bits per heavy atom. The number of likely N-dealkylation sites (N-methyl/N-ethyl adjacent to an activating group) is 1. The van der Waals surface area contributed by atoms with Gasteiger partial charge in [0, 0.05) is 51.8 Å². The van der Waals surface area contributed by atoms with Crippen molar-refractivity contribution in [2.75, 3.05) is 26.8 Å². The molecular formula is C11H17NO5. The molecule has 0 aromatic heterocycles. The van der Waals surface area contributed by atoms with Gasteiger partial charge in [-0.3, -0.25) is 4.79 Å². The quantitative estimate of drug-likeness (QED) is 0.658. The lowest BCUT2D eigenvalue weighted by atomic mass is 9.94. The maximum Gasteiger partial charge on any atom is 0.328 e. The van der Waals surface area contributed by atoms with Gasteiger partial charge in [0.25, 0.3) is 0 Å². The third kappa shape index (κ3) is 4.54. The molecule has 2 N–H and O–H groups in total. The minimum atomic E-state index is -1.17. The lowest BCUT2D eigenvalue weighted by Gasteiger charge is -2.35. The molecule has 1 aliphatic heterocycles. The van der Waals surface area contributed by atoms with Gasteiger partial charge in [0.15, 0.2) is 0 Å². The van der Waals surface area contributed by atoms with Gasteiger partial charge >= 0.3 is 5.97 Å². The van der Waals surface area contributed by atoms with Gasteiger partial charge in [-0.15, -0.1) is 0 Å². The van der Waals surface area contributed by atoms with Gasteiger partial charge in [-0.05, 0) is 0 Å². The Labute approximate surface area is 99.5 Å². The molecule has 0 unspecified atom stereocenters. The van der Waals surface area contributed by atoms with Gasteiger partial charge in [-0.2, -0.15) is 0 Å². The van der Waals surface area contributed by atoms with Crippen LogP contribution in [0.2, 0.25) is 0 Å².